The topological polar surface area (TPSA) is 76.1 Å². The Bertz CT molecular complexity index is 331. The van der Waals surface area contributed by atoms with Crippen LogP contribution in [-0.4, -0.2) is 68.7 Å². The van der Waals surface area contributed by atoms with Crippen molar-refractivity contribution in [1.29, 1.82) is 0 Å². The SMILES string of the molecule is O=S(=O)(O)CC[C@@H]1CN2CCOC[C@H]2CO1. The normalized spacial score (nSPS) is 32.3. The summed E-state index contributed by atoms with van der Waals surface area (Å²) in [6.07, 6.45) is 0.249. The Hall–Kier alpha value is -0.210. The quantitative estimate of drug-likeness (QED) is 0.673. The Morgan fingerprint density at radius 2 is 2.19 bits per heavy atom. The molecular formula is C9H17NO5S. The first-order valence-corrected chi connectivity index (χ1v) is 7.04. The Balaban J connectivity index is 1.81. The molecule has 0 aromatic rings. The lowest BCUT2D eigenvalue weighted by atomic mass is 10.1. The van der Waals surface area contributed by atoms with Gasteiger partial charge in [-0.05, 0) is 6.42 Å². The minimum absolute atomic E-state index is 0.101. The van der Waals surface area contributed by atoms with Crippen LogP contribution in [0.3, 0.4) is 0 Å². The Morgan fingerprint density at radius 3 is 2.94 bits per heavy atom. The van der Waals surface area contributed by atoms with Gasteiger partial charge in [-0.2, -0.15) is 8.42 Å². The van der Waals surface area contributed by atoms with Crippen molar-refractivity contribution in [1.82, 2.24) is 4.90 Å². The summed E-state index contributed by atoms with van der Waals surface area (Å²) in [7, 11) is -3.88. The van der Waals surface area contributed by atoms with E-state index in [9.17, 15) is 8.42 Å². The fourth-order valence-electron chi connectivity index (χ4n) is 2.10. The third-order valence-corrected chi connectivity index (χ3v) is 3.76. The van der Waals surface area contributed by atoms with Crippen molar-refractivity contribution in [2.75, 3.05) is 38.7 Å². The van der Waals surface area contributed by atoms with Crippen molar-refractivity contribution >= 4 is 10.1 Å². The van der Waals surface area contributed by atoms with E-state index in [-0.39, 0.29) is 11.9 Å². The number of hydrogen-bond acceptors (Lipinski definition) is 5. The minimum Gasteiger partial charge on any atom is -0.378 e. The van der Waals surface area contributed by atoms with Crippen LogP contribution in [0.5, 0.6) is 0 Å². The van der Waals surface area contributed by atoms with E-state index in [1.807, 2.05) is 0 Å². The van der Waals surface area contributed by atoms with Crippen LogP contribution >= 0.6 is 0 Å². The molecule has 0 amide bonds. The van der Waals surface area contributed by atoms with Gasteiger partial charge in [0.15, 0.2) is 0 Å². The third kappa shape index (κ3) is 3.39. The molecule has 0 spiro atoms. The lowest BCUT2D eigenvalue weighted by molar-refractivity contribution is -0.116. The summed E-state index contributed by atoms with van der Waals surface area (Å²) < 4.78 is 40.8. The smallest absolute Gasteiger partial charge is 0.264 e. The molecule has 0 saturated carbocycles. The first kappa shape index (κ1) is 12.3. The number of ether oxygens (including phenoxy) is 2. The van der Waals surface area contributed by atoms with Gasteiger partial charge in [0.25, 0.3) is 10.1 Å². The van der Waals surface area contributed by atoms with Crippen LogP contribution in [-0.2, 0) is 19.6 Å². The molecular weight excluding hydrogens is 234 g/mol. The summed E-state index contributed by atoms with van der Waals surface area (Å²) in [6.45, 7) is 3.59. The molecule has 2 atom stereocenters. The maximum absolute atomic E-state index is 10.6. The summed E-state index contributed by atoms with van der Waals surface area (Å²) in [5.74, 6) is -0.229. The highest BCUT2D eigenvalue weighted by Gasteiger charge is 2.31. The van der Waals surface area contributed by atoms with Crippen molar-refractivity contribution in [2.45, 2.75) is 18.6 Å². The van der Waals surface area contributed by atoms with Crippen molar-refractivity contribution < 1.29 is 22.4 Å². The molecule has 2 aliphatic rings. The zero-order valence-corrected chi connectivity index (χ0v) is 9.86. The fraction of sp³-hybridized carbons (Fsp3) is 1.00. The molecule has 0 aliphatic carbocycles. The molecule has 0 unspecified atom stereocenters. The van der Waals surface area contributed by atoms with Crippen molar-refractivity contribution in [3.05, 3.63) is 0 Å². The monoisotopic (exact) mass is 251 g/mol. The summed E-state index contributed by atoms with van der Waals surface area (Å²) in [5.41, 5.74) is 0. The van der Waals surface area contributed by atoms with E-state index in [1.54, 1.807) is 0 Å². The van der Waals surface area contributed by atoms with Gasteiger partial charge in [0.05, 0.1) is 37.7 Å². The van der Waals surface area contributed by atoms with E-state index < -0.39 is 10.1 Å². The van der Waals surface area contributed by atoms with E-state index in [4.69, 9.17) is 14.0 Å². The molecule has 2 saturated heterocycles. The molecule has 0 radical (unpaired) electrons. The number of rotatable bonds is 3. The molecule has 2 rings (SSSR count). The van der Waals surface area contributed by atoms with Crippen molar-refractivity contribution in [2.24, 2.45) is 0 Å². The molecule has 1 N–H and O–H groups in total. The van der Waals surface area contributed by atoms with E-state index in [2.05, 4.69) is 4.90 Å². The van der Waals surface area contributed by atoms with Gasteiger partial charge in [-0.25, -0.2) is 0 Å². The second kappa shape index (κ2) is 4.97. The molecule has 2 aliphatic heterocycles. The van der Waals surface area contributed by atoms with E-state index >= 15 is 0 Å². The zero-order chi connectivity index (χ0) is 11.6. The summed E-state index contributed by atoms with van der Waals surface area (Å²) in [4.78, 5) is 2.27. The van der Waals surface area contributed by atoms with Gasteiger partial charge < -0.3 is 9.47 Å². The molecule has 0 aromatic carbocycles. The van der Waals surface area contributed by atoms with Gasteiger partial charge >= 0.3 is 0 Å². The highest BCUT2D eigenvalue weighted by Crippen LogP contribution is 2.17. The third-order valence-electron chi connectivity index (χ3n) is 3.01. The van der Waals surface area contributed by atoms with Crippen molar-refractivity contribution in [3.63, 3.8) is 0 Å². The predicted molar refractivity (Wildman–Crippen MR) is 57.0 cm³/mol. The largest absolute Gasteiger partial charge is 0.378 e. The van der Waals surface area contributed by atoms with E-state index in [1.165, 1.54) is 0 Å². The van der Waals surface area contributed by atoms with Crippen LogP contribution in [0.15, 0.2) is 0 Å². The summed E-state index contributed by atoms with van der Waals surface area (Å²) in [6, 6.07) is 0.302. The number of fused-ring (bicyclic) bond motifs is 1. The van der Waals surface area contributed by atoms with Gasteiger partial charge in [-0.15, -0.1) is 0 Å². The maximum Gasteiger partial charge on any atom is 0.264 e. The van der Waals surface area contributed by atoms with Crippen molar-refractivity contribution in [3.8, 4) is 0 Å². The van der Waals surface area contributed by atoms with Gasteiger partial charge in [0.2, 0.25) is 0 Å². The van der Waals surface area contributed by atoms with Crippen LogP contribution in [0.1, 0.15) is 6.42 Å². The van der Waals surface area contributed by atoms with Crippen LogP contribution in [0.25, 0.3) is 0 Å². The summed E-state index contributed by atoms with van der Waals surface area (Å²) in [5, 5.41) is 0. The first-order valence-electron chi connectivity index (χ1n) is 5.43. The van der Waals surface area contributed by atoms with E-state index in [0.29, 0.717) is 25.7 Å². The van der Waals surface area contributed by atoms with Gasteiger partial charge in [-0.3, -0.25) is 9.45 Å². The molecule has 2 fully saturated rings. The Morgan fingerprint density at radius 1 is 1.38 bits per heavy atom. The lowest BCUT2D eigenvalue weighted by Gasteiger charge is -2.42. The molecule has 2 heterocycles. The maximum atomic E-state index is 10.6. The zero-order valence-electron chi connectivity index (χ0n) is 9.04. The molecule has 6 nitrogen and oxygen atoms in total. The second-order valence-electron chi connectivity index (χ2n) is 4.25. The van der Waals surface area contributed by atoms with Crippen LogP contribution in [0.2, 0.25) is 0 Å². The van der Waals surface area contributed by atoms with Gasteiger partial charge in [0.1, 0.15) is 0 Å². The van der Waals surface area contributed by atoms with Gasteiger partial charge in [-0.1, -0.05) is 0 Å². The van der Waals surface area contributed by atoms with Crippen LogP contribution in [0.4, 0.5) is 0 Å². The molecule has 7 heteroatoms. The molecule has 16 heavy (non-hydrogen) atoms. The Labute approximate surface area is 95.3 Å². The standard InChI is InChI=1S/C9H17NO5S/c11-16(12,13)4-1-9-5-10-2-3-14-6-8(10)7-15-9/h8-9H,1-7H2,(H,11,12,13)/t8-,9+/m0/s1. The number of hydrogen-bond donors (Lipinski definition) is 1. The average molecular weight is 251 g/mol. The minimum atomic E-state index is -3.88. The second-order valence-corrected chi connectivity index (χ2v) is 5.83. The van der Waals surface area contributed by atoms with Gasteiger partial charge in [0, 0.05) is 13.1 Å². The predicted octanol–water partition coefficient (Wildman–Crippen LogP) is -0.636. The lowest BCUT2D eigenvalue weighted by Crippen LogP contribution is -2.55. The van der Waals surface area contributed by atoms with Crippen LogP contribution in [0, 0.1) is 0 Å². The van der Waals surface area contributed by atoms with Crippen LogP contribution < -0.4 is 0 Å². The summed E-state index contributed by atoms with van der Waals surface area (Å²) >= 11 is 0. The Kier molecular flexibility index (Phi) is 3.81. The number of nitrogens with zero attached hydrogens (tertiary/aromatic N) is 1. The number of morpholine rings is 2. The highest BCUT2D eigenvalue weighted by molar-refractivity contribution is 7.85. The first-order chi connectivity index (χ1) is 7.54. The molecule has 94 valence electrons. The van der Waals surface area contributed by atoms with E-state index in [0.717, 1.165) is 19.7 Å². The average Bonchev–Trinajstić information content (AvgIpc) is 2.25. The molecule has 0 bridgehead atoms. The highest BCUT2D eigenvalue weighted by atomic mass is 32.2. The molecule has 0 aromatic heterocycles. The fourth-order valence-corrected chi connectivity index (χ4v) is 2.66.